The molecule has 0 bridgehead atoms. The second-order valence-electron chi connectivity index (χ2n) is 9.30. The van der Waals surface area contributed by atoms with Gasteiger partial charge < -0.3 is 14.6 Å². The number of hydrogen-bond donors (Lipinski definition) is 2. The van der Waals surface area contributed by atoms with Crippen molar-refractivity contribution in [2.45, 2.75) is 0 Å². The molecule has 1 aromatic carbocycles. The standard InChI is InChI=1S/C30H25FN6O/c1-37(2)13-14-38-22-16-20(15-21(31)17-22)23-5-3-4-6-26-24(23)18-28(33-26)30-29-27(35-36-30)8-7-25(34-29)19-9-11-32-12-10-19/h3,5-12,15-18,33H,13-14H2,1-2H3,(H,35,36). The van der Waals surface area contributed by atoms with E-state index in [4.69, 9.17) is 9.72 Å². The quantitative estimate of drug-likeness (QED) is 0.278. The summed E-state index contributed by atoms with van der Waals surface area (Å²) >= 11 is 0. The highest BCUT2D eigenvalue weighted by Crippen LogP contribution is 2.35. The monoisotopic (exact) mass is 504 g/mol. The summed E-state index contributed by atoms with van der Waals surface area (Å²) in [6.07, 6.45) is 9.13. The Morgan fingerprint density at radius 1 is 1.03 bits per heavy atom. The summed E-state index contributed by atoms with van der Waals surface area (Å²) in [5.41, 5.74) is 11.4. The van der Waals surface area contributed by atoms with Gasteiger partial charge in [-0.1, -0.05) is 0 Å². The Hall–Kier alpha value is -4.78. The van der Waals surface area contributed by atoms with Crippen molar-refractivity contribution in [2.75, 3.05) is 27.2 Å². The van der Waals surface area contributed by atoms with Crippen molar-refractivity contribution in [3.63, 3.8) is 0 Å². The molecule has 0 unspecified atom stereocenters. The Bertz CT molecular complexity index is 1720. The predicted octanol–water partition coefficient (Wildman–Crippen LogP) is 5.71. The third kappa shape index (κ3) is 4.66. The number of allylic oxidation sites excluding steroid dienone is 2. The van der Waals surface area contributed by atoms with Crippen molar-refractivity contribution in [1.29, 1.82) is 0 Å². The Morgan fingerprint density at radius 3 is 2.74 bits per heavy atom. The summed E-state index contributed by atoms with van der Waals surface area (Å²) in [6.45, 7) is 1.21. The maximum absolute atomic E-state index is 14.6. The van der Waals surface area contributed by atoms with Gasteiger partial charge in [-0.3, -0.25) is 10.1 Å². The number of ether oxygens (including phenoxy) is 1. The molecule has 0 amide bonds. The Balaban J connectivity index is 1.39. The topological polar surface area (TPSA) is 82.7 Å². The molecule has 0 spiro atoms. The Labute approximate surface area is 219 Å². The van der Waals surface area contributed by atoms with Crippen LogP contribution in [0.2, 0.25) is 0 Å². The summed E-state index contributed by atoms with van der Waals surface area (Å²) in [5, 5.41) is 7.65. The number of fused-ring (bicyclic) bond motifs is 2. The predicted molar refractivity (Wildman–Crippen MR) is 147 cm³/mol. The zero-order valence-corrected chi connectivity index (χ0v) is 21.0. The van der Waals surface area contributed by atoms with E-state index in [0.29, 0.717) is 18.1 Å². The minimum Gasteiger partial charge on any atom is -0.492 e. The molecule has 0 radical (unpaired) electrons. The molecule has 0 saturated heterocycles. The molecule has 7 nitrogen and oxygen atoms in total. The number of likely N-dealkylation sites (N-methyl/N-ethyl adjacent to an activating group) is 1. The van der Waals surface area contributed by atoms with Crippen LogP contribution in [0.5, 0.6) is 5.75 Å². The van der Waals surface area contributed by atoms with Crippen molar-refractivity contribution >= 4 is 22.7 Å². The van der Waals surface area contributed by atoms with Gasteiger partial charge in [0, 0.05) is 42.2 Å². The van der Waals surface area contributed by atoms with Crippen LogP contribution >= 0.6 is 0 Å². The zero-order valence-electron chi connectivity index (χ0n) is 21.0. The molecule has 188 valence electrons. The first kappa shape index (κ1) is 23.6. The number of pyridine rings is 2. The van der Waals surface area contributed by atoms with Crippen LogP contribution in [0, 0.1) is 5.82 Å². The van der Waals surface area contributed by atoms with Crippen molar-refractivity contribution in [2.24, 2.45) is 0 Å². The number of hydrogen-bond acceptors (Lipinski definition) is 5. The molecule has 4 heterocycles. The summed E-state index contributed by atoms with van der Waals surface area (Å²) < 4.78 is 20.5. The molecular formula is C30H25FN6O. The first-order chi connectivity index (χ1) is 18.5. The van der Waals surface area contributed by atoms with Crippen LogP contribution in [0.4, 0.5) is 4.39 Å². The molecule has 0 aliphatic heterocycles. The number of aromatic amines is 2. The van der Waals surface area contributed by atoms with Gasteiger partial charge >= 0.3 is 0 Å². The fourth-order valence-corrected chi connectivity index (χ4v) is 4.46. The molecule has 0 saturated carbocycles. The van der Waals surface area contributed by atoms with E-state index in [-0.39, 0.29) is 5.82 Å². The fraction of sp³-hybridized carbons (Fsp3) is 0.133. The van der Waals surface area contributed by atoms with Gasteiger partial charge in [0.05, 0.1) is 22.6 Å². The number of halogens is 1. The van der Waals surface area contributed by atoms with Crippen LogP contribution in [0.15, 0.2) is 78.8 Å². The third-order valence-corrected chi connectivity index (χ3v) is 6.34. The van der Waals surface area contributed by atoms with E-state index in [2.05, 4.69) is 25.9 Å². The van der Waals surface area contributed by atoms with Gasteiger partial charge in [-0.2, -0.15) is 5.10 Å². The van der Waals surface area contributed by atoms with Gasteiger partial charge in [-0.15, -0.1) is 5.73 Å². The minimum absolute atomic E-state index is 0.354. The van der Waals surface area contributed by atoms with E-state index < -0.39 is 0 Å². The van der Waals surface area contributed by atoms with Crippen LogP contribution in [-0.2, 0) is 0 Å². The van der Waals surface area contributed by atoms with Crippen LogP contribution in [0.3, 0.4) is 0 Å². The maximum Gasteiger partial charge on any atom is 0.135 e. The van der Waals surface area contributed by atoms with Gasteiger partial charge in [-0.05, 0) is 79.8 Å². The van der Waals surface area contributed by atoms with Gasteiger partial charge in [0.25, 0.3) is 0 Å². The summed E-state index contributed by atoms with van der Waals surface area (Å²) in [6, 6.07) is 14.6. The molecule has 0 fully saturated rings. The largest absolute Gasteiger partial charge is 0.492 e. The van der Waals surface area contributed by atoms with Gasteiger partial charge in [0.2, 0.25) is 0 Å². The first-order valence-corrected chi connectivity index (χ1v) is 12.3. The Morgan fingerprint density at radius 2 is 1.89 bits per heavy atom. The number of H-pyrrole nitrogens is 2. The van der Waals surface area contributed by atoms with Crippen molar-refractivity contribution in [3.8, 4) is 28.4 Å². The highest BCUT2D eigenvalue weighted by molar-refractivity contribution is 5.93. The normalized spacial score (nSPS) is 12.6. The molecule has 1 aliphatic carbocycles. The van der Waals surface area contributed by atoms with Crippen LogP contribution in [0.1, 0.15) is 16.8 Å². The smallest absolute Gasteiger partial charge is 0.135 e. The first-order valence-electron chi connectivity index (χ1n) is 12.3. The van der Waals surface area contributed by atoms with Gasteiger partial charge in [-0.25, -0.2) is 9.37 Å². The Kier molecular flexibility index (Phi) is 6.17. The van der Waals surface area contributed by atoms with E-state index in [0.717, 1.165) is 56.9 Å². The van der Waals surface area contributed by atoms with E-state index in [1.54, 1.807) is 12.4 Å². The lowest BCUT2D eigenvalue weighted by Crippen LogP contribution is -2.19. The second kappa shape index (κ2) is 9.94. The van der Waals surface area contributed by atoms with Gasteiger partial charge in [0.15, 0.2) is 0 Å². The van der Waals surface area contributed by atoms with E-state index >= 15 is 0 Å². The third-order valence-electron chi connectivity index (χ3n) is 6.34. The van der Waals surface area contributed by atoms with E-state index in [1.165, 1.54) is 12.1 Å². The molecule has 1 aliphatic rings. The van der Waals surface area contributed by atoms with E-state index in [9.17, 15) is 4.39 Å². The molecule has 8 heteroatoms. The SMILES string of the molecule is CN(C)CCOc1cc(F)cc(C2=CC=C=Cc3[nH]c(-c4n[nH]c5ccc(-c6ccncc6)nc45)cc32)c1. The molecular weight excluding hydrogens is 479 g/mol. The fourth-order valence-electron chi connectivity index (χ4n) is 4.46. The molecule has 6 rings (SSSR count). The number of aromatic nitrogens is 5. The van der Waals surface area contributed by atoms with Crippen molar-refractivity contribution in [3.05, 3.63) is 101 Å². The van der Waals surface area contributed by atoms with Crippen molar-refractivity contribution < 1.29 is 9.13 Å². The summed E-state index contributed by atoms with van der Waals surface area (Å²) in [5.74, 6) is 0.139. The number of nitrogens with one attached hydrogen (secondary N) is 2. The number of rotatable bonds is 7. The average molecular weight is 505 g/mol. The maximum atomic E-state index is 14.6. The number of nitrogens with zero attached hydrogens (tertiary/aromatic N) is 4. The molecule has 0 atom stereocenters. The highest BCUT2D eigenvalue weighted by Gasteiger charge is 2.19. The van der Waals surface area contributed by atoms with Gasteiger partial charge in [0.1, 0.15) is 29.4 Å². The average Bonchev–Trinajstić information content (AvgIpc) is 3.47. The van der Waals surface area contributed by atoms with Crippen LogP contribution in [-0.4, -0.2) is 57.3 Å². The second-order valence-corrected chi connectivity index (χ2v) is 9.30. The van der Waals surface area contributed by atoms with Crippen LogP contribution < -0.4 is 4.74 Å². The molecule has 38 heavy (non-hydrogen) atoms. The summed E-state index contributed by atoms with van der Waals surface area (Å²) in [4.78, 5) is 14.5. The van der Waals surface area contributed by atoms with E-state index in [1.807, 2.05) is 73.6 Å². The lowest BCUT2D eigenvalue weighted by atomic mass is 9.97. The molecule has 2 N–H and O–H groups in total. The lowest BCUT2D eigenvalue weighted by molar-refractivity contribution is 0.260. The summed E-state index contributed by atoms with van der Waals surface area (Å²) in [7, 11) is 3.94. The minimum atomic E-state index is -0.354. The molecule has 5 aromatic rings. The lowest BCUT2D eigenvalue weighted by Gasteiger charge is -2.13. The van der Waals surface area contributed by atoms with Crippen molar-refractivity contribution in [1.82, 2.24) is 30.0 Å². The zero-order chi connectivity index (χ0) is 26.1. The highest BCUT2D eigenvalue weighted by atomic mass is 19.1. The molecule has 4 aromatic heterocycles. The van der Waals surface area contributed by atoms with Crippen LogP contribution in [0.25, 0.3) is 45.3 Å². The number of benzene rings is 1.